The average Bonchev–Trinajstić information content (AvgIpc) is 2.88. The third-order valence-corrected chi connectivity index (χ3v) is 5.00. The minimum absolute atomic E-state index is 0.00500. The molecule has 0 aromatic heterocycles. The van der Waals surface area contributed by atoms with Crippen LogP contribution in [0.15, 0.2) is 53.0 Å². The summed E-state index contributed by atoms with van der Waals surface area (Å²) in [6.07, 6.45) is 0.741. The second kappa shape index (κ2) is 8.56. The minimum atomic E-state index is -0.176. The predicted octanol–water partition coefficient (Wildman–Crippen LogP) is 4.48. The van der Waals surface area contributed by atoms with Gasteiger partial charge in [-0.3, -0.25) is 4.79 Å². The van der Waals surface area contributed by atoms with Crippen LogP contribution in [0.3, 0.4) is 0 Å². The smallest absolute Gasteiger partial charge is 0.321 e. The van der Waals surface area contributed by atoms with E-state index in [-0.39, 0.29) is 11.9 Å². The molecular weight excluding hydrogens is 418 g/mol. The summed E-state index contributed by atoms with van der Waals surface area (Å²) < 4.78 is 0.939. The Morgan fingerprint density at radius 3 is 2.38 bits per heavy atom. The molecular formula is C19H19BrClN3O2. The third kappa shape index (κ3) is 4.77. The van der Waals surface area contributed by atoms with Crippen molar-refractivity contribution in [3.05, 3.63) is 63.6 Å². The molecule has 7 heteroatoms. The zero-order valence-corrected chi connectivity index (χ0v) is 16.5. The van der Waals surface area contributed by atoms with Gasteiger partial charge in [0.1, 0.15) is 0 Å². The second-order valence-corrected chi connectivity index (χ2v) is 7.43. The van der Waals surface area contributed by atoms with Gasteiger partial charge in [-0.25, -0.2) is 4.79 Å². The van der Waals surface area contributed by atoms with Gasteiger partial charge in [-0.2, -0.15) is 0 Å². The maximum atomic E-state index is 12.6. The number of hydrogen-bond acceptors (Lipinski definition) is 2. The lowest BCUT2D eigenvalue weighted by Crippen LogP contribution is -2.39. The quantitative estimate of drug-likeness (QED) is 0.754. The van der Waals surface area contributed by atoms with E-state index >= 15 is 0 Å². The molecule has 0 bridgehead atoms. The Kier molecular flexibility index (Phi) is 6.16. The fourth-order valence-corrected chi connectivity index (χ4v) is 3.32. The molecule has 0 aliphatic carbocycles. The molecule has 0 unspecified atom stereocenters. The maximum Gasteiger partial charge on any atom is 0.321 e. The van der Waals surface area contributed by atoms with Crippen molar-refractivity contribution >= 4 is 45.2 Å². The Hall–Kier alpha value is -2.05. The monoisotopic (exact) mass is 435 g/mol. The lowest BCUT2D eigenvalue weighted by atomic mass is 10.2. The Morgan fingerprint density at radius 2 is 1.65 bits per heavy atom. The van der Waals surface area contributed by atoms with Gasteiger partial charge in [-0.1, -0.05) is 33.6 Å². The minimum Gasteiger partial charge on any atom is -0.337 e. The molecule has 26 heavy (non-hydrogen) atoms. The Bertz CT molecular complexity index is 798. The summed E-state index contributed by atoms with van der Waals surface area (Å²) in [5, 5.41) is 3.43. The lowest BCUT2D eigenvalue weighted by Gasteiger charge is -2.22. The van der Waals surface area contributed by atoms with Gasteiger partial charge in [0.25, 0.3) is 5.91 Å². The number of urea groups is 1. The van der Waals surface area contributed by atoms with Gasteiger partial charge >= 0.3 is 6.03 Å². The number of nitrogens with zero attached hydrogens (tertiary/aromatic N) is 2. The Labute approximate surface area is 166 Å². The number of hydrogen-bond donors (Lipinski definition) is 1. The summed E-state index contributed by atoms with van der Waals surface area (Å²) in [7, 11) is 0. The van der Waals surface area contributed by atoms with E-state index in [4.69, 9.17) is 11.6 Å². The highest BCUT2D eigenvalue weighted by molar-refractivity contribution is 9.10. The van der Waals surface area contributed by atoms with Gasteiger partial charge in [-0.05, 0) is 48.9 Å². The number of amides is 3. The molecule has 1 aliphatic rings. The van der Waals surface area contributed by atoms with E-state index in [1.165, 1.54) is 0 Å². The molecule has 1 fully saturated rings. The first-order valence-electron chi connectivity index (χ1n) is 8.39. The molecule has 0 atom stereocenters. The molecule has 2 aromatic rings. The van der Waals surface area contributed by atoms with E-state index in [0.717, 1.165) is 10.9 Å². The Balaban J connectivity index is 1.59. The average molecular weight is 437 g/mol. The molecule has 1 saturated heterocycles. The molecule has 1 aliphatic heterocycles. The number of benzene rings is 2. The van der Waals surface area contributed by atoms with E-state index < -0.39 is 0 Å². The summed E-state index contributed by atoms with van der Waals surface area (Å²) in [5.74, 6) is -0.00500. The van der Waals surface area contributed by atoms with Crippen LogP contribution in [0.1, 0.15) is 16.8 Å². The standard InChI is InChI=1S/C19H19BrClN3O2/c20-15-7-5-14(6-8-15)18(25)23-9-2-10-24(12-11-23)19(26)22-17-4-1-3-16(21)13-17/h1,3-8,13H,2,9-12H2,(H,22,26). The van der Waals surface area contributed by atoms with E-state index in [1.54, 1.807) is 46.2 Å². The van der Waals surface area contributed by atoms with Crippen molar-refractivity contribution in [2.75, 3.05) is 31.5 Å². The van der Waals surface area contributed by atoms with Gasteiger partial charge < -0.3 is 15.1 Å². The molecule has 0 radical (unpaired) electrons. The topological polar surface area (TPSA) is 52.7 Å². The van der Waals surface area contributed by atoms with Gasteiger partial charge in [-0.15, -0.1) is 0 Å². The van der Waals surface area contributed by atoms with Crippen LogP contribution in [0.4, 0.5) is 10.5 Å². The second-order valence-electron chi connectivity index (χ2n) is 6.08. The maximum absolute atomic E-state index is 12.6. The number of halogens is 2. The zero-order valence-electron chi connectivity index (χ0n) is 14.1. The SMILES string of the molecule is O=C(Nc1cccc(Cl)c1)N1CCCN(C(=O)c2ccc(Br)cc2)CC1. The lowest BCUT2D eigenvalue weighted by molar-refractivity contribution is 0.0762. The highest BCUT2D eigenvalue weighted by Crippen LogP contribution is 2.17. The highest BCUT2D eigenvalue weighted by atomic mass is 79.9. The van der Waals surface area contributed by atoms with Gasteiger partial charge in [0.2, 0.25) is 0 Å². The van der Waals surface area contributed by atoms with Crippen LogP contribution in [0.25, 0.3) is 0 Å². The molecule has 0 spiro atoms. The summed E-state index contributed by atoms with van der Waals surface area (Å²) in [5.41, 5.74) is 1.32. The summed E-state index contributed by atoms with van der Waals surface area (Å²) in [6.45, 7) is 2.25. The first-order chi connectivity index (χ1) is 12.5. The molecule has 3 amide bonds. The molecule has 2 aromatic carbocycles. The fourth-order valence-electron chi connectivity index (χ4n) is 2.87. The third-order valence-electron chi connectivity index (χ3n) is 4.24. The zero-order chi connectivity index (χ0) is 18.5. The first kappa shape index (κ1) is 18.7. The number of anilines is 1. The van der Waals surface area contributed by atoms with Crippen LogP contribution in [0, 0.1) is 0 Å². The first-order valence-corrected chi connectivity index (χ1v) is 9.56. The van der Waals surface area contributed by atoms with Gasteiger partial charge in [0, 0.05) is 46.9 Å². The van der Waals surface area contributed by atoms with Crippen molar-refractivity contribution in [2.24, 2.45) is 0 Å². The summed E-state index contributed by atoms with van der Waals surface area (Å²) in [4.78, 5) is 28.7. The molecule has 3 rings (SSSR count). The summed E-state index contributed by atoms with van der Waals surface area (Å²) in [6, 6.07) is 14.2. The van der Waals surface area contributed by atoms with Crippen molar-refractivity contribution in [3.63, 3.8) is 0 Å². The van der Waals surface area contributed by atoms with Gasteiger partial charge in [0.15, 0.2) is 0 Å². The van der Waals surface area contributed by atoms with Crippen molar-refractivity contribution in [3.8, 4) is 0 Å². The van der Waals surface area contributed by atoms with Crippen molar-refractivity contribution < 1.29 is 9.59 Å². The van der Waals surface area contributed by atoms with Crippen LogP contribution in [-0.2, 0) is 0 Å². The van der Waals surface area contributed by atoms with Crippen molar-refractivity contribution in [1.82, 2.24) is 9.80 Å². The van der Waals surface area contributed by atoms with Crippen LogP contribution in [0.5, 0.6) is 0 Å². The number of rotatable bonds is 2. The normalized spacial score (nSPS) is 14.7. The number of nitrogens with one attached hydrogen (secondary N) is 1. The van der Waals surface area contributed by atoms with E-state index in [1.807, 2.05) is 12.1 Å². The predicted molar refractivity (Wildman–Crippen MR) is 107 cm³/mol. The number of carbonyl (C=O) groups excluding carboxylic acids is 2. The molecule has 1 N–H and O–H groups in total. The molecule has 1 heterocycles. The molecule has 136 valence electrons. The van der Waals surface area contributed by atoms with E-state index in [9.17, 15) is 9.59 Å². The summed E-state index contributed by atoms with van der Waals surface area (Å²) >= 11 is 9.32. The van der Waals surface area contributed by atoms with E-state index in [2.05, 4.69) is 21.2 Å². The van der Waals surface area contributed by atoms with Gasteiger partial charge in [0.05, 0.1) is 0 Å². The highest BCUT2D eigenvalue weighted by Gasteiger charge is 2.22. The molecule has 5 nitrogen and oxygen atoms in total. The van der Waals surface area contributed by atoms with Crippen molar-refractivity contribution in [2.45, 2.75) is 6.42 Å². The van der Waals surface area contributed by atoms with Crippen LogP contribution in [-0.4, -0.2) is 47.9 Å². The number of carbonyl (C=O) groups is 2. The van der Waals surface area contributed by atoms with E-state index in [0.29, 0.717) is 42.5 Å². The molecule has 0 saturated carbocycles. The Morgan fingerprint density at radius 1 is 0.962 bits per heavy atom. The van der Waals surface area contributed by atoms with Crippen LogP contribution < -0.4 is 5.32 Å². The largest absolute Gasteiger partial charge is 0.337 e. The fraction of sp³-hybridized carbons (Fsp3) is 0.263. The van der Waals surface area contributed by atoms with Crippen LogP contribution >= 0.6 is 27.5 Å². The van der Waals surface area contributed by atoms with Crippen LogP contribution in [0.2, 0.25) is 5.02 Å². The van der Waals surface area contributed by atoms with Crippen molar-refractivity contribution in [1.29, 1.82) is 0 Å².